The lowest BCUT2D eigenvalue weighted by atomic mass is 9.67. The van der Waals surface area contributed by atoms with Crippen LogP contribution in [0.2, 0.25) is 0 Å². The Balaban J connectivity index is 1.23. The fraction of sp³-hybridized carbons (Fsp3) is 0.860. The average molecular weight is 760 g/mol. The summed E-state index contributed by atoms with van der Waals surface area (Å²) >= 11 is 0. The van der Waals surface area contributed by atoms with Gasteiger partial charge < -0.3 is 42.8 Å². The molecule has 4 fully saturated rings. The van der Waals surface area contributed by atoms with Gasteiger partial charge >= 0.3 is 5.97 Å². The van der Waals surface area contributed by atoms with Gasteiger partial charge in [-0.15, -0.1) is 0 Å². The number of likely N-dealkylation sites (N-methyl/N-ethyl adjacent to an activating group) is 1. The number of allylic oxidation sites excluding steroid dienone is 4. The van der Waals surface area contributed by atoms with Crippen molar-refractivity contribution in [3.05, 3.63) is 23.3 Å². The lowest BCUT2D eigenvalue weighted by Crippen LogP contribution is -2.60. The summed E-state index contributed by atoms with van der Waals surface area (Å²) in [4.78, 5) is 30.6. The van der Waals surface area contributed by atoms with Crippen LogP contribution in [0.5, 0.6) is 0 Å². The summed E-state index contributed by atoms with van der Waals surface area (Å²) in [5, 5.41) is 0. The number of ketones is 1. The van der Waals surface area contributed by atoms with E-state index in [1.165, 1.54) is 5.57 Å². The van der Waals surface area contributed by atoms with E-state index in [4.69, 9.17) is 37.9 Å². The van der Waals surface area contributed by atoms with Crippen LogP contribution in [0.4, 0.5) is 0 Å². The van der Waals surface area contributed by atoms with Gasteiger partial charge in [-0.1, -0.05) is 31.6 Å². The molecule has 3 aliphatic heterocycles. The Morgan fingerprint density at radius 2 is 1.59 bits per heavy atom. The number of Topliss-reactive ketones (excluding diaryl/α,β-unsaturated/α-hetero) is 1. The van der Waals surface area contributed by atoms with Crippen LogP contribution in [0, 0.1) is 35.5 Å². The van der Waals surface area contributed by atoms with Crippen molar-refractivity contribution in [3.8, 4) is 0 Å². The third kappa shape index (κ3) is 8.74. The van der Waals surface area contributed by atoms with E-state index in [1.54, 1.807) is 14.2 Å². The lowest BCUT2D eigenvalue weighted by Gasteiger charge is -2.44. The van der Waals surface area contributed by atoms with E-state index in [9.17, 15) is 9.59 Å². The molecule has 0 radical (unpaired) electrons. The fourth-order valence-corrected chi connectivity index (χ4v) is 10.9. The zero-order chi connectivity index (χ0) is 38.8. The summed E-state index contributed by atoms with van der Waals surface area (Å²) in [6.45, 7) is 12.9. The molecular formula is C43H69NO10. The minimum absolute atomic E-state index is 0.0361. The third-order valence-corrected chi connectivity index (χ3v) is 13.7. The van der Waals surface area contributed by atoms with E-state index in [0.29, 0.717) is 25.0 Å². The minimum Gasteiger partial charge on any atom is -0.462 e. The Bertz CT molecular complexity index is 1350. The smallest absolute Gasteiger partial charge is 0.306 e. The van der Waals surface area contributed by atoms with Crippen LogP contribution in [0.3, 0.4) is 0 Å². The minimum atomic E-state index is -0.597. The molecule has 11 heteroatoms. The maximum absolute atomic E-state index is 14.8. The molecular weight excluding hydrogens is 690 g/mol. The molecule has 306 valence electrons. The molecule has 11 nitrogen and oxygen atoms in total. The Morgan fingerprint density at radius 1 is 0.833 bits per heavy atom. The van der Waals surface area contributed by atoms with Gasteiger partial charge in [-0.2, -0.15) is 0 Å². The lowest BCUT2D eigenvalue weighted by molar-refractivity contribution is -0.317. The molecule has 6 aliphatic rings. The molecule has 0 N–H and O–H groups in total. The van der Waals surface area contributed by atoms with Gasteiger partial charge in [-0.25, -0.2) is 0 Å². The number of ether oxygens (including phenoxy) is 8. The number of carbonyl (C=O) groups is 2. The number of methoxy groups -OCH3 is 2. The first kappa shape index (κ1) is 41.9. The SMILES string of the molecule is CCO[C@@H]1[C@@H](OC)[C@H](C)O[C@@H](O[C@@H]2CC3C(C)=C[C@@H]4[C@@H](C=C5C(=O)[C@H](C)[C@@H](O[C@H]6CC[C@H](N(C)C)[C@@H](C)O6)CCC[C@H](CC)OC(=O)C[C@H]54)[C@@H]3C2)[C@@H]1OC. The number of rotatable bonds is 10. The quantitative estimate of drug-likeness (QED) is 0.186. The summed E-state index contributed by atoms with van der Waals surface area (Å²) in [5.74, 6) is 0.00892. The molecule has 3 saturated heterocycles. The Labute approximate surface area is 324 Å². The van der Waals surface area contributed by atoms with E-state index in [2.05, 4.69) is 51.9 Å². The highest BCUT2D eigenvalue weighted by Gasteiger charge is 2.54. The van der Waals surface area contributed by atoms with Crippen LogP contribution in [0.1, 0.15) is 99.3 Å². The standard InChI is InChI=1S/C43H69NO10/c1-11-27-14-13-15-36(54-38-17-16-35(44(7)8)25(5)50-38)24(4)39(46)34-21-32-30(33(34)22-37(45)52-27)18-23(3)29-19-28(20-31(29)32)53-43-42(48-10)41(49-12-2)40(47-9)26(6)51-43/h18,21,24-33,35-36,38,40-43H,11-17,19-20,22H2,1-10H3/t24-,25-,26+,27+,28-,29?,30-,31-,32-,33+,35+,36+,38+,40+,41-,42-,43+/m1/s1. The summed E-state index contributed by atoms with van der Waals surface area (Å²) in [5.41, 5.74) is 2.08. The first-order valence-electron chi connectivity index (χ1n) is 21.0. The van der Waals surface area contributed by atoms with Gasteiger partial charge in [0.25, 0.3) is 0 Å². The number of hydrogen-bond acceptors (Lipinski definition) is 11. The van der Waals surface area contributed by atoms with Crippen molar-refractivity contribution in [2.45, 2.75) is 167 Å². The molecule has 0 amide bonds. The maximum atomic E-state index is 14.8. The van der Waals surface area contributed by atoms with E-state index >= 15 is 0 Å². The Morgan fingerprint density at radius 3 is 2.26 bits per heavy atom. The monoisotopic (exact) mass is 759 g/mol. The molecule has 3 aliphatic carbocycles. The number of carbonyl (C=O) groups excluding carboxylic acids is 2. The van der Waals surface area contributed by atoms with Gasteiger partial charge in [0.2, 0.25) is 0 Å². The van der Waals surface area contributed by atoms with Gasteiger partial charge in [0, 0.05) is 38.7 Å². The van der Waals surface area contributed by atoms with Crippen LogP contribution in [0.25, 0.3) is 0 Å². The highest BCUT2D eigenvalue weighted by atomic mass is 16.7. The second kappa shape index (κ2) is 18.3. The first-order chi connectivity index (χ1) is 25.9. The molecule has 3 heterocycles. The van der Waals surface area contributed by atoms with Crippen molar-refractivity contribution in [2.24, 2.45) is 35.5 Å². The second-order valence-electron chi connectivity index (χ2n) is 17.2. The number of nitrogens with zero attached hydrogens (tertiary/aromatic N) is 1. The van der Waals surface area contributed by atoms with E-state index in [1.807, 2.05) is 20.8 Å². The summed E-state index contributed by atoms with van der Waals surface area (Å²) in [6.07, 6.45) is 8.61. The Kier molecular flexibility index (Phi) is 14.2. The molecule has 0 aromatic carbocycles. The van der Waals surface area contributed by atoms with Gasteiger partial charge in [-0.05, 0) is 122 Å². The van der Waals surface area contributed by atoms with Crippen LogP contribution in [-0.4, -0.2) is 119 Å². The third-order valence-electron chi connectivity index (χ3n) is 13.7. The molecule has 0 aromatic rings. The summed E-state index contributed by atoms with van der Waals surface area (Å²) in [7, 11) is 7.53. The zero-order valence-corrected chi connectivity index (χ0v) is 34.6. The maximum Gasteiger partial charge on any atom is 0.306 e. The molecule has 0 bridgehead atoms. The topological polar surface area (TPSA) is 111 Å². The van der Waals surface area contributed by atoms with Crippen molar-refractivity contribution in [3.63, 3.8) is 0 Å². The predicted octanol–water partition coefficient (Wildman–Crippen LogP) is 6.27. The fourth-order valence-electron chi connectivity index (χ4n) is 10.9. The molecule has 1 unspecified atom stereocenters. The zero-order valence-electron chi connectivity index (χ0n) is 34.6. The van der Waals surface area contributed by atoms with Gasteiger partial charge in [0.15, 0.2) is 18.4 Å². The van der Waals surface area contributed by atoms with Crippen LogP contribution in [-0.2, 0) is 47.5 Å². The summed E-state index contributed by atoms with van der Waals surface area (Å²) in [6, 6.07) is 0.337. The Hall–Kier alpha value is -1.70. The average Bonchev–Trinajstić information content (AvgIpc) is 3.71. The highest BCUT2D eigenvalue weighted by Crippen LogP contribution is 2.56. The van der Waals surface area contributed by atoms with Crippen molar-refractivity contribution in [1.82, 2.24) is 4.90 Å². The van der Waals surface area contributed by atoms with Crippen molar-refractivity contribution in [2.75, 3.05) is 34.9 Å². The molecule has 54 heavy (non-hydrogen) atoms. The number of fused-ring (bicyclic) bond motifs is 5. The van der Waals surface area contributed by atoms with Gasteiger partial charge in [0.1, 0.15) is 24.4 Å². The van der Waals surface area contributed by atoms with Crippen molar-refractivity contribution >= 4 is 11.8 Å². The van der Waals surface area contributed by atoms with E-state index < -0.39 is 12.4 Å². The van der Waals surface area contributed by atoms with Crippen LogP contribution in [0.15, 0.2) is 23.3 Å². The first-order valence-corrected chi connectivity index (χ1v) is 21.0. The predicted molar refractivity (Wildman–Crippen MR) is 203 cm³/mol. The number of cyclic esters (lactones) is 1. The number of hydrogen-bond donors (Lipinski definition) is 0. The van der Waals surface area contributed by atoms with Crippen LogP contribution >= 0.6 is 0 Å². The number of esters is 1. The molecule has 6 rings (SSSR count). The van der Waals surface area contributed by atoms with Crippen LogP contribution < -0.4 is 0 Å². The molecule has 0 aromatic heterocycles. The van der Waals surface area contributed by atoms with Crippen molar-refractivity contribution in [1.29, 1.82) is 0 Å². The van der Waals surface area contributed by atoms with E-state index in [-0.39, 0.29) is 96.8 Å². The molecule has 1 saturated carbocycles. The van der Waals surface area contributed by atoms with E-state index in [0.717, 1.165) is 50.5 Å². The molecule has 17 atom stereocenters. The highest BCUT2D eigenvalue weighted by molar-refractivity contribution is 5.99. The van der Waals surface area contributed by atoms with Crippen molar-refractivity contribution < 1.29 is 47.5 Å². The van der Waals surface area contributed by atoms with Gasteiger partial charge in [-0.3, -0.25) is 9.59 Å². The summed E-state index contributed by atoms with van der Waals surface area (Å²) < 4.78 is 50.3. The molecule has 0 spiro atoms. The normalized spacial score (nSPS) is 44.7. The van der Waals surface area contributed by atoms with Gasteiger partial charge in [0.05, 0.1) is 30.8 Å². The second-order valence-corrected chi connectivity index (χ2v) is 17.2. The largest absolute Gasteiger partial charge is 0.462 e.